The predicted octanol–water partition coefficient (Wildman–Crippen LogP) is 4.52. The van der Waals surface area contributed by atoms with E-state index in [0.717, 1.165) is 27.8 Å². The molecule has 26 heavy (non-hydrogen) atoms. The molecule has 0 amide bonds. The smallest absolute Gasteiger partial charge is 0.249 e. The molecule has 2 N–H and O–H groups in total. The van der Waals surface area contributed by atoms with Crippen LogP contribution in [0.3, 0.4) is 0 Å². The molecular weight excluding hydrogens is 324 g/mol. The molecule has 2 aromatic carbocycles. The largest absolute Gasteiger partial charge is 0.337 e. The van der Waals surface area contributed by atoms with Crippen molar-refractivity contribution in [3.63, 3.8) is 0 Å². The van der Waals surface area contributed by atoms with Crippen LogP contribution >= 0.6 is 0 Å². The maximum atomic E-state index is 4.52. The normalized spacial score (nSPS) is 10.7. The average molecular weight is 342 g/mol. The lowest BCUT2D eigenvalue weighted by atomic mass is 10.1. The van der Waals surface area contributed by atoms with Crippen LogP contribution in [0.15, 0.2) is 60.9 Å². The molecule has 2 aromatic heterocycles. The molecule has 0 radical (unpaired) electrons. The van der Waals surface area contributed by atoms with Crippen molar-refractivity contribution < 1.29 is 0 Å². The first-order valence-electron chi connectivity index (χ1n) is 8.34. The Bertz CT molecular complexity index is 1070. The Hall–Kier alpha value is -3.54. The van der Waals surface area contributed by atoms with Crippen LogP contribution in [0.1, 0.15) is 11.1 Å². The molecule has 0 aliphatic heterocycles. The van der Waals surface area contributed by atoms with Gasteiger partial charge in [0.05, 0.1) is 17.4 Å². The van der Waals surface area contributed by atoms with Gasteiger partial charge in [0.25, 0.3) is 0 Å². The van der Waals surface area contributed by atoms with Gasteiger partial charge in [0.2, 0.25) is 5.95 Å². The number of nitrogens with one attached hydrogen (secondary N) is 2. The Morgan fingerprint density at radius 2 is 1.77 bits per heavy atom. The highest BCUT2D eigenvalue weighted by atomic mass is 15.3. The molecule has 0 fully saturated rings. The number of aryl methyl sites for hydroxylation is 2. The molecule has 0 aliphatic carbocycles. The number of anilines is 4. The number of nitrogens with zero attached hydrogens (tertiary/aromatic N) is 4. The van der Waals surface area contributed by atoms with E-state index in [4.69, 9.17) is 0 Å². The van der Waals surface area contributed by atoms with E-state index in [1.807, 2.05) is 37.3 Å². The molecule has 6 nitrogen and oxygen atoms in total. The van der Waals surface area contributed by atoms with Crippen molar-refractivity contribution in [3.8, 4) is 0 Å². The van der Waals surface area contributed by atoms with Crippen molar-refractivity contribution in [2.45, 2.75) is 13.8 Å². The fraction of sp³-hybridized carbons (Fsp3) is 0.100. The Morgan fingerprint density at radius 1 is 0.885 bits per heavy atom. The first-order valence-corrected chi connectivity index (χ1v) is 8.34. The average Bonchev–Trinajstić information content (AvgIpc) is 2.65. The van der Waals surface area contributed by atoms with Gasteiger partial charge >= 0.3 is 0 Å². The van der Waals surface area contributed by atoms with Crippen LogP contribution in [0.25, 0.3) is 10.9 Å². The van der Waals surface area contributed by atoms with Gasteiger partial charge in [0.15, 0.2) is 5.82 Å². The van der Waals surface area contributed by atoms with Crippen LogP contribution in [0.4, 0.5) is 23.1 Å². The van der Waals surface area contributed by atoms with Gasteiger partial charge in [-0.2, -0.15) is 10.1 Å². The third-order valence-corrected chi connectivity index (χ3v) is 4.09. The van der Waals surface area contributed by atoms with Crippen molar-refractivity contribution in [1.82, 2.24) is 20.2 Å². The lowest BCUT2D eigenvalue weighted by Crippen LogP contribution is -2.03. The molecule has 0 saturated carbocycles. The first kappa shape index (κ1) is 16.0. The van der Waals surface area contributed by atoms with Crippen LogP contribution in [0, 0.1) is 13.8 Å². The van der Waals surface area contributed by atoms with Crippen LogP contribution in [0.5, 0.6) is 0 Å². The minimum Gasteiger partial charge on any atom is -0.337 e. The van der Waals surface area contributed by atoms with Crippen LogP contribution in [-0.2, 0) is 0 Å². The minimum absolute atomic E-state index is 0.442. The summed E-state index contributed by atoms with van der Waals surface area (Å²) in [7, 11) is 0. The standard InChI is InChI=1S/C20H18N6/c1-13-8-9-14(2)17(11-13)24-20-25-18(12-22-26-20)23-16-7-3-5-15-6-4-10-21-19(15)16/h3-12H,1-2H3,(H2,23,24,25,26). The quantitative estimate of drug-likeness (QED) is 0.568. The fourth-order valence-corrected chi connectivity index (χ4v) is 2.75. The van der Waals surface area contributed by atoms with Crippen LogP contribution < -0.4 is 10.6 Å². The monoisotopic (exact) mass is 342 g/mol. The van der Waals surface area contributed by atoms with E-state index in [1.165, 1.54) is 5.56 Å². The zero-order valence-electron chi connectivity index (χ0n) is 14.6. The lowest BCUT2D eigenvalue weighted by molar-refractivity contribution is 0.981. The molecule has 6 heteroatoms. The van der Waals surface area contributed by atoms with E-state index in [-0.39, 0.29) is 0 Å². The zero-order chi connectivity index (χ0) is 17.9. The molecule has 128 valence electrons. The number of hydrogen-bond acceptors (Lipinski definition) is 6. The summed E-state index contributed by atoms with van der Waals surface area (Å²) in [6, 6.07) is 16.1. The number of rotatable bonds is 4. The molecule has 0 spiro atoms. The summed E-state index contributed by atoms with van der Waals surface area (Å²) in [4.78, 5) is 8.96. The Labute approximate surface area is 151 Å². The Morgan fingerprint density at radius 3 is 2.69 bits per heavy atom. The van der Waals surface area contributed by atoms with Crippen molar-refractivity contribution in [3.05, 3.63) is 72.1 Å². The van der Waals surface area contributed by atoms with Gasteiger partial charge in [-0.3, -0.25) is 4.98 Å². The summed E-state index contributed by atoms with van der Waals surface area (Å²) in [6.45, 7) is 4.09. The maximum absolute atomic E-state index is 4.52. The second-order valence-corrected chi connectivity index (χ2v) is 6.11. The fourth-order valence-electron chi connectivity index (χ4n) is 2.75. The lowest BCUT2D eigenvalue weighted by Gasteiger charge is -2.11. The summed E-state index contributed by atoms with van der Waals surface area (Å²) >= 11 is 0. The van der Waals surface area contributed by atoms with Gasteiger partial charge in [0, 0.05) is 17.3 Å². The SMILES string of the molecule is Cc1ccc(C)c(Nc2nncc(Nc3cccc4cccnc34)n2)c1. The highest BCUT2D eigenvalue weighted by molar-refractivity contribution is 5.91. The number of aromatic nitrogens is 4. The number of hydrogen-bond donors (Lipinski definition) is 2. The molecular formula is C20H18N6. The number of pyridine rings is 1. The van der Waals surface area contributed by atoms with E-state index in [2.05, 4.69) is 55.9 Å². The van der Waals surface area contributed by atoms with Gasteiger partial charge in [-0.1, -0.05) is 30.3 Å². The van der Waals surface area contributed by atoms with Crippen LogP contribution in [-0.4, -0.2) is 20.2 Å². The van der Waals surface area contributed by atoms with E-state index < -0.39 is 0 Å². The van der Waals surface area contributed by atoms with Gasteiger partial charge in [-0.15, -0.1) is 5.10 Å². The Balaban J connectivity index is 1.62. The predicted molar refractivity (Wildman–Crippen MR) is 104 cm³/mol. The third kappa shape index (κ3) is 3.30. The van der Waals surface area contributed by atoms with Gasteiger partial charge in [-0.25, -0.2) is 0 Å². The summed E-state index contributed by atoms with van der Waals surface area (Å²) in [6.07, 6.45) is 3.37. The third-order valence-electron chi connectivity index (χ3n) is 4.09. The van der Waals surface area contributed by atoms with Crippen LogP contribution in [0.2, 0.25) is 0 Å². The van der Waals surface area contributed by atoms with Crippen molar-refractivity contribution in [1.29, 1.82) is 0 Å². The van der Waals surface area contributed by atoms with Crippen molar-refractivity contribution in [2.75, 3.05) is 10.6 Å². The van der Waals surface area contributed by atoms with E-state index in [9.17, 15) is 0 Å². The van der Waals surface area contributed by atoms with Crippen molar-refractivity contribution >= 4 is 34.0 Å². The zero-order valence-corrected chi connectivity index (χ0v) is 14.6. The molecule has 2 heterocycles. The summed E-state index contributed by atoms with van der Waals surface area (Å²) in [5.74, 6) is 1.04. The number of para-hydroxylation sites is 1. The first-order chi connectivity index (χ1) is 12.7. The summed E-state index contributed by atoms with van der Waals surface area (Å²) in [5, 5.41) is 15.7. The summed E-state index contributed by atoms with van der Waals surface area (Å²) in [5.41, 5.74) is 5.02. The van der Waals surface area contributed by atoms with Gasteiger partial charge < -0.3 is 10.6 Å². The van der Waals surface area contributed by atoms with E-state index in [1.54, 1.807) is 12.4 Å². The molecule has 4 rings (SSSR count). The number of fused-ring (bicyclic) bond motifs is 1. The molecule has 4 aromatic rings. The Kier molecular flexibility index (Phi) is 4.15. The van der Waals surface area contributed by atoms with E-state index >= 15 is 0 Å². The molecule has 0 saturated heterocycles. The highest BCUT2D eigenvalue weighted by Crippen LogP contribution is 2.24. The van der Waals surface area contributed by atoms with Crippen molar-refractivity contribution in [2.24, 2.45) is 0 Å². The number of benzene rings is 2. The van der Waals surface area contributed by atoms with Gasteiger partial charge in [0.1, 0.15) is 0 Å². The van der Waals surface area contributed by atoms with E-state index in [0.29, 0.717) is 11.8 Å². The second kappa shape index (κ2) is 6.76. The second-order valence-electron chi connectivity index (χ2n) is 6.11. The molecule has 0 atom stereocenters. The molecule has 0 bridgehead atoms. The topological polar surface area (TPSA) is 75.6 Å². The molecule has 0 unspecified atom stereocenters. The highest BCUT2D eigenvalue weighted by Gasteiger charge is 2.06. The minimum atomic E-state index is 0.442. The van der Waals surface area contributed by atoms with Gasteiger partial charge in [-0.05, 0) is 43.2 Å². The maximum Gasteiger partial charge on any atom is 0.249 e. The summed E-state index contributed by atoms with van der Waals surface area (Å²) < 4.78 is 0. The molecule has 0 aliphatic rings.